The van der Waals surface area contributed by atoms with E-state index in [0.717, 1.165) is 12.2 Å². The number of aliphatic carboxylic acids is 1. The van der Waals surface area contributed by atoms with Crippen molar-refractivity contribution in [2.75, 3.05) is 5.75 Å². The fraction of sp³-hybridized carbons (Fsp3) is 0.750. The molecule has 1 unspecified atom stereocenters. The third-order valence-corrected chi connectivity index (χ3v) is 2.62. The van der Waals surface area contributed by atoms with E-state index in [1.54, 1.807) is 6.92 Å². The van der Waals surface area contributed by atoms with Crippen molar-refractivity contribution >= 4 is 23.6 Å². The Labute approximate surface area is 82.1 Å². The summed E-state index contributed by atoms with van der Waals surface area (Å²) in [5.74, 6) is -0.475. The molecular weight excluding hydrogens is 190 g/mol. The number of amides is 1. The molecule has 4 nitrogen and oxygen atoms in total. The lowest BCUT2D eigenvalue weighted by Gasteiger charge is -2.12. The quantitative estimate of drug-likeness (QED) is 0.636. The van der Waals surface area contributed by atoms with Crippen LogP contribution in [0.5, 0.6) is 0 Å². The van der Waals surface area contributed by atoms with Gasteiger partial charge in [0.15, 0.2) is 5.37 Å². The van der Waals surface area contributed by atoms with Crippen molar-refractivity contribution in [3.05, 3.63) is 0 Å². The maximum Gasteiger partial charge on any atom is 0.336 e. The molecule has 0 aliphatic heterocycles. The molecule has 0 heterocycles. The highest BCUT2D eigenvalue weighted by Crippen LogP contribution is 2.09. The minimum absolute atomic E-state index is 0.226. The van der Waals surface area contributed by atoms with E-state index in [-0.39, 0.29) is 5.91 Å². The van der Waals surface area contributed by atoms with Crippen LogP contribution in [-0.2, 0) is 9.59 Å². The second kappa shape index (κ2) is 6.77. The van der Waals surface area contributed by atoms with Crippen molar-refractivity contribution in [1.82, 2.24) is 5.32 Å². The summed E-state index contributed by atoms with van der Waals surface area (Å²) < 4.78 is 0. The van der Waals surface area contributed by atoms with Gasteiger partial charge in [-0.05, 0) is 12.2 Å². The minimum Gasteiger partial charge on any atom is -0.479 e. The monoisotopic (exact) mass is 205 g/mol. The van der Waals surface area contributed by atoms with Crippen molar-refractivity contribution in [1.29, 1.82) is 0 Å². The third kappa shape index (κ3) is 5.52. The standard InChI is InChI=1S/C8H15NO3S/c1-3-5-13-7(8(11)12)9-6(10)4-2/h7H,3-5H2,1-2H3,(H,9,10)(H,11,12). The highest BCUT2D eigenvalue weighted by Gasteiger charge is 2.18. The summed E-state index contributed by atoms with van der Waals surface area (Å²) >= 11 is 1.24. The summed E-state index contributed by atoms with van der Waals surface area (Å²) in [4.78, 5) is 21.5. The fourth-order valence-corrected chi connectivity index (χ4v) is 1.49. The third-order valence-electron chi connectivity index (χ3n) is 1.33. The maximum atomic E-state index is 10.9. The van der Waals surface area contributed by atoms with Gasteiger partial charge in [0.1, 0.15) is 0 Å². The SMILES string of the molecule is CCCSC(NC(=O)CC)C(=O)O. The molecule has 2 N–H and O–H groups in total. The van der Waals surface area contributed by atoms with Gasteiger partial charge in [-0.15, -0.1) is 11.8 Å². The number of carbonyl (C=O) groups excluding carboxylic acids is 1. The molecule has 5 heteroatoms. The van der Waals surface area contributed by atoms with E-state index in [4.69, 9.17) is 5.11 Å². The largest absolute Gasteiger partial charge is 0.479 e. The van der Waals surface area contributed by atoms with Crippen LogP contribution in [-0.4, -0.2) is 28.1 Å². The molecule has 0 radical (unpaired) electrons. The molecule has 0 saturated heterocycles. The first-order chi connectivity index (χ1) is 6.11. The molecule has 0 aliphatic rings. The molecule has 0 aliphatic carbocycles. The molecule has 0 saturated carbocycles. The van der Waals surface area contributed by atoms with Crippen LogP contribution in [0.2, 0.25) is 0 Å². The van der Waals surface area contributed by atoms with Crippen LogP contribution in [0.25, 0.3) is 0 Å². The van der Waals surface area contributed by atoms with Gasteiger partial charge in [0, 0.05) is 6.42 Å². The van der Waals surface area contributed by atoms with Crippen LogP contribution in [0.1, 0.15) is 26.7 Å². The van der Waals surface area contributed by atoms with Crippen molar-refractivity contribution < 1.29 is 14.7 Å². The summed E-state index contributed by atoms with van der Waals surface area (Å²) in [5.41, 5.74) is 0. The van der Waals surface area contributed by atoms with Crippen molar-refractivity contribution in [3.63, 3.8) is 0 Å². The van der Waals surface area contributed by atoms with E-state index in [9.17, 15) is 9.59 Å². The van der Waals surface area contributed by atoms with E-state index in [2.05, 4.69) is 5.32 Å². The summed E-state index contributed by atoms with van der Waals surface area (Å²) in [6.45, 7) is 3.66. The normalized spacial score (nSPS) is 12.2. The van der Waals surface area contributed by atoms with Crippen LogP contribution in [0.4, 0.5) is 0 Å². The van der Waals surface area contributed by atoms with E-state index in [0.29, 0.717) is 6.42 Å². The van der Waals surface area contributed by atoms with E-state index in [1.807, 2.05) is 6.92 Å². The van der Waals surface area contributed by atoms with E-state index < -0.39 is 11.3 Å². The summed E-state index contributed by atoms with van der Waals surface area (Å²) in [5, 5.41) is 10.3. The van der Waals surface area contributed by atoms with Gasteiger partial charge in [-0.1, -0.05) is 13.8 Å². The molecule has 0 fully saturated rings. The smallest absolute Gasteiger partial charge is 0.336 e. The average Bonchev–Trinajstić information content (AvgIpc) is 2.11. The van der Waals surface area contributed by atoms with Gasteiger partial charge in [-0.25, -0.2) is 4.79 Å². The van der Waals surface area contributed by atoms with Gasteiger partial charge in [0.25, 0.3) is 0 Å². The number of hydrogen-bond donors (Lipinski definition) is 2. The van der Waals surface area contributed by atoms with Gasteiger partial charge >= 0.3 is 5.97 Å². The molecule has 0 bridgehead atoms. The van der Waals surface area contributed by atoms with Crippen molar-refractivity contribution in [2.24, 2.45) is 0 Å². The molecule has 0 aromatic heterocycles. The maximum absolute atomic E-state index is 10.9. The second-order valence-corrected chi connectivity index (χ2v) is 3.72. The zero-order valence-electron chi connectivity index (χ0n) is 7.87. The Balaban J connectivity index is 3.94. The van der Waals surface area contributed by atoms with Crippen LogP contribution in [0, 0.1) is 0 Å². The highest BCUT2D eigenvalue weighted by atomic mass is 32.2. The molecule has 1 amide bonds. The zero-order chi connectivity index (χ0) is 10.3. The van der Waals surface area contributed by atoms with Gasteiger partial charge in [0.2, 0.25) is 5.91 Å². The lowest BCUT2D eigenvalue weighted by atomic mass is 10.4. The molecule has 0 spiro atoms. The molecule has 0 rings (SSSR count). The topological polar surface area (TPSA) is 66.4 Å². The lowest BCUT2D eigenvalue weighted by Crippen LogP contribution is -2.38. The number of carbonyl (C=O) groups is 2. The Kier molecular flexibility index (Phi) is 6.40. The minimum atomic E-state index is -0.986. The first-order valence-corrected chi connectivity index (χ1v) is 5.30. The van der Waals surface area contributed by atoms with Gasteiger partial charge in [-0.2, -0.15) is 0 Å². The number of hydrogen-bond acceptors (Lipinski definition) is 3. The Morgan fingerprint density at radius 1 is 1.46 bits per heavy atom. The molecule has 13 heavy (non-hydrogen) atoms. The first kappa shape index (κ1) is 12.3. The second-order valence-electron chi connectivity index (χ2n) is 2.51. The van der Waals surface area contributed by atoms with E-state index in [1.165, 1.54) is 11.8 Å². The summed E-state index contributed by atoms with van der Waals surface area (Å²) in [6, 6.07) is 0. The Bertz CT molecular complexity index is 184. The summed E-state index contributed by atoms with van der Waals surface area (Å²) in [7, 11) is 0. The predicted molar refractivity (Wildman–Crippen MR) is 52.6 cm³/mol. The number of carboxylic acid groups (broad SMARTS) is 1. The number of nitrogens with one attached hydrogen (secondary N) is 1. The van der Waals surface area contributed by atoms with Gasteiger partial charge in [0.05, 0.1) is 0 Å². The van der Waals surface area contributed by atoms with Gasteiger partial charge < -0.3 is 10.4 Å². The predicted octanol–water partition coefficient (Wildman–Crippen LogP) is 1.07. The first-order valence-electron chi connectivity index (χ1n) is 4.25. The van der Waals surface area contributed by atoms with Crippen LogP contribution < -0.4 is 5.32 Å². The zero-order valence-corrected chi connectivity index (χ0v) is 8.69. The van der Waals surface area contributed by atoms with Crippen LogP contribution in [0.15, 0.2) is 0 Å². The number of carboxylic acids is 1. The number of rotatable bonds is 6. The van der Waals surface area contributed by atoms with Crippen LogP contribution in [0.3, 0.4) is 0 Å². The van der Waals surface area contributed by atoms with Crippen molar-refractivity contribution in [3.8, 4) is 0 Å². The highest BCUT2D eigenvalue weighted by molar-refractivity contribution is 8.00. The van der Waals surface area contributed by atoms with Crippen molar-refractivity contribution in [2.45, 2.75) is 32.1 Å². The molecule has 0 aromatic rings. The Morgan fingerprint density at radius 2 is 2.08 bits per heavy atom. The molecule has 76 valence electrons. The Hall–Kier alpha value is -0.710. The molecule has 0 aromatic carbocycles. The number of thioether (sulfide) groups is 1. The fourth-order valence-electron chi connectivity index (χ4n) is 0.659. The Morgan fingerprint density at radius 3 is 2.46 bits per heavy atom. The van der Waals surface area contributed by atoms with Gasteiger partial charge in [-0.3, -0.25) is 4.79 Å². The molecular formula is C8H15NO3S. The lowest BCUT2D eigenvalue weighted by molar-refractivity contribution is -0.139. The average molecular weight is 205 g/mol. The van der Waals surface area contributed by atoms with E-state index >= 15 is 0 Å². The molecule has 1 atom stereocenters. The van der Waals surface area contributed by atoms with Crippen LogP contribution >= 0.6 is 11.8 Å². The summed E-state index contributed by atoms with van der Waals surface area (Å²) in [6.07, 6.45) is 1.22.